The number of carboxylic acids is 1. The van der Waals surface area contributed by atoms with Crippen molar-refractivity contribution in [3.63, 3.8) is 0 Å². The van der Waals surface area contributed by atoms with Crippen molar-refractivity contribution < 1.29 is 23.1 Å². The van der Waals surface area contributed by atoms with E-state index in [-0.39, 0.29) is 5.89 Å². The summed E-state index contributed by atoms with van der Waals surface area (Å²) in [6.45, 7) is 0. The highest BCUT2D eigenvalue weighted by Crippen LogP contribution is 2.16. The van der Waals surface area contributed by atoms with Gasteiger partial charge in [0.1, 0.15) is 0 Å². The van der Waals surface area contributed by atoms with E-state index in [2.05, 4.69) is 14.6 Å². The van der Waals surface area contributed by atoms with E-state index in [4.69, 9.17) is 5.11 Å². The first-order valence-electron chi connectivity index (χ1n) is 3.12. The molecule has 0 atom stereocenters. The summed E-state index contributed by atoms with van der Waals surface area (Å²) in [5, 5.41) is 14.3. The van der Waals surface area contributed by atoms with E-state index in [0.717, 1.165) is 6.08 Å². The van der Waals surface area contributed by atoms with Gasteiger partial charge in [-0.2, -0.15) is 8.78 Å². The maximum atomic E-state index is 11.8. The molecule has 7 heteroatoms. The van der Waals surface area contributed by atoms with E-state index < -0.39 is 18.3 Å². The molecule has 0 fully saturated rings. The fourth-order valence-electron chi connectivity index (χ4n) is 0.545. The monoisotopic (exact) mass is 190 g/mol. The lowest BCUT2D eigenvalue weighted by atomic mass is 10.5. The van der Waals surface area contributed by atoms with Crippen LogP contribution >= 0.6 is 0 Å². The summed E-state index contributed by atoms with van der Waals surface area (Å²) < 4.78 is 28.1. The summed E-state index contributed by atoms with van der Waals surface area (Å²) in [6.07, 6.45) is -1.20. The van der Waals surface area contributed by atoms with Gasteiger partial charge in [-0.3, -0.25) is 0 Å². The molecule has 5 nitrogen and oxygen atoms in total. The second kappa shape index (κ2) is 3.74. The quantitative estimate of drug-likeness (QED) is 0.722. The van der Waals surface area contributed by atoms with Crippen molar-refractivity contribution in [2.24, 2.45) is 0 Å². The van der Waals surface area contributed by atoms with Crippen molar-refractivity contribution in [2.75, 3.05) is 0 Å². The molecular weight excluding hydrogens is 186 g/mol. The smallest absolute Gasteiger partial charge is 0.328 e. The van der Waals surface area contributed by atoms with Crippen LogP contribution in [0.5, 0.6) is 0 Å². The predicted molar refractivity (Wildman–Crippen MR) is 35.9 cm³/mol. The zero-order chi connectivity index (χ0) is 9.84. The first-order valence-corrected chi connectivity index (χ1v) is 3.12. The van der Waals surface area contributed by atoms with Gasteiger partial charge < -0.3 is 9.52 Å². The minimum atomic E-state index is -2.85. The molecule has 0 aliphatic rings. The van der Waals surface area contributed by atoms with Crippen molar-refractivity contribution in [2.45, 2.75) is 6.43 Å². The molecule has 0 aromatic carbocycles. The van der Waals surface area contributed by atoms with Gasteiger partial charge in [-0.25, -0.2) is 4.79 Å². The van der Waals surface area contributed by atoms with Crippen molar-refractivity contribution in [3.05, 3.63) is 17.9 Å². The number of alkyl halides is 2. The molecule has 1 aromatic heterocycles. The average Bonchev–Trinajstić information content (AvgIpc) is 2.48. The van der Waals surface area contributed by atoms with Crippen LogP contribution in [0.3, 0.4) is 0 Å². The molecule has 1 aromatic rings. The van der Waals surface area contributed by atoms with Gasteiger partial charge in [0.2, 0.25) is 5.89 Å². The summed E-state index contributed by atoms with van der Waals surface area (Å²) in [5.74, 6) is -2.32. The fraction of sp³-hybridized carbons (Fsp3) is 0.167. The normalized spacial score (nSPS) is 11.3. The van der Waals surface area contributed by atoms with Crippen LogP contribution in [0.15, 0.2) is 10.5 Å². The van der Waals surface area contributed by atoms with Gasteiger partial charge in [-0.1, -0.05) is 0 Å². The molecule has 0 radical (unpaired) electrons. The molecule has 0 bridgehead atoms. The number of hydrogen-bond acceptors (Lipinski definition) is 4. The first-order chi connectivity index (χ1) is 6.09. The third-order valence-electron chi connectivity index (χ3n) is 1.01. The van der Waals surface area contributed by atoms with Crippen molar-refractivity contribution in [1.29, 1.82) is 0 Å². The van der Waals surface area contributed by atoms with Crippen LogP contribution in [-0.4, -0.2) is 21.3 Å². The second-order valence-corrected chi connectivity index (χ2v) is 1.95. The highest BCUT2D eigenvalue weighted by Gasteiger charge is 2.14. The van der Waals surface area contributed by atoms with Gasteiger partial charge in [0.05, 0.1) is 0 Å². The molecule has 0 saturated carbocycles. The molecular formula is C6H4F2N2O3. The zero-order valence-electron chi connectivity index (χ0n) is 6.15. The summed E-state index contributed by atoms with van der Waals surface area (Å²) in [4.78, 5) is 9.99. The number of hydrogen-bond donors (Lipinski definition) is 1. The third-order valence-corrected chi connectivity index (χ3v) is 1.01. The lowest BCUT2D eigenvalue weighted by Crippen LogP contribution is -1.85. The SMILES string of the molecule is O=C(O)/C=C/c1nnc(C(F)F)o1. The lowest BCUT2D eigenvalue weighted by Gasteiger charge is -1.85. The number of carboxylic acid groups (broad SMARTS) is 1. The average molecular weight is 190 g/mol. The van der Waals surface area contributed by atoms with Crippen molar-refractivity contribution in [3.8, 4) is 0 Å². The largest absolute Gasteiger partial charge is 0.478 e. The van der Waals surface area contributed by atoms with Crippen LogP contribution in [-0.2, 0) is 4.79 Å². The van der Waals surface area contributed by atoms with Gasteiger partial charge >= 0.3 is 12.4 Å². The standard InChI is InChI=1S/C6H4F2N2O3/c7-5(8)6-10-9-3(13-6)1-2-4(11)12/h1-2,5H,(H,11,12)/b2-1+. The Morgan fingerprint density at radius 1 is 1.54 bits per heavy atom. The van der Waals surface area contributed by atoms with Gasteiger partial charge in [0.25, 0.3) is 5.89 Å². The molecule has 13 heavy (non-hydrogen) atoms. The van der Waals surface area contributed by atoms with Crippen LogP contribution in [0.4, 0.5) is 8.78 Å². The van der Waals surface area contributed by atoms with Crippen molar-refractivity contribution >= 4 is 12.0 Å². The van der Waals surface area contributed by atoms with Crippen LogP contribution in [0.1, 0.15) is 18.2 Å². The zero-order valence-corrected chi connectivity index (χ0v) is 6.15. The summed E-state index contributed by atoms with van der Waals surface area (Å²) >= 11 is 0. The minimum Gasteiger partial charge on any atom is -0.478 e. The Balaban J connectivity index is 2.75. The molecule has 0 unspecified atom stereocenters. The van der Waals surface area contributed by atoms with E-state index in [1.54, 1.807) is 0 Å². The second-order valence-electron chi connectivity index (χ2n) is 1.95. The maximum Gasteiger partial charge on any atom is 0.328 e. The Bertz CT molecular complexity index is 334. The molecule has 0 aliphatic heterocycles. The Morgan fingerprint density at radius 2 is 2.23 bits per heavy atom. The number of aromatic nitrogens is 2. The van der Waals surface area contributed by atoms with Gasteiger partial charge in [-0.15, -0.1) is 10.2 Å². The fourth-order valence-corrected chi connectivity index (χ4v) is 0.545. The Morgan fingerprint density at radius 3 is 2.69 bits per heavy atom. The predicted octanol–water partition coefficient (Wildman–Crippen LogP) is 1.10. The topological polar surface area (TPSA) is 76.2 Å². The van der Waals surface area contributed by atoms with Crippen LogP contribution in [0.25, 0.3) is 6.08 Å². The number of carbonyl (C=O) groups is 1. The molecule has 0 spiro atoms. The minimum absolute atomic E-state index is 0.266. The molecule has 1 heterocycles. The molecule has 70 valence electrons. The molecule has 0 amide bonds. The van der Waals surface area contributed by atoms with Crippen LogP contribution in [0, 0.1) is 0 Å². The molecule has 0 aliphatic carbocycles. The molecule has 0 saturated heterocycles. The highest BCUT2D eigenvalue weighted by molar-refractivity contribution is 5.84. The van der Waals surface area contributed by atoms with Crippen LogP contribution < -0.4 is 0 Å². The Labute approximate surface area is 70.7 Å². The number of aliphatic carboxylic acids is 1. The Hall–Kier alpha value is -1.79. The third kappa shape index (κ3) is 2.62. The van der Waals surface area contributed by atoms with E-state index in [9.17, 15) is 13.6 Å². The summed E-state index contributed by atoms with van der Waals surface area (Å²) in [5.41, 5.74) is 0. The lowest BCUT2D eigenvalue weighted by molar-refractivity contribution is -0.131. The van der Waals surface area contributed by atoms with Gasteiger partial charge in [0.15, 0.2) is 0 Å². The van der Waals surface area contributed by atoms with E-state index in [0.29, 0.717) is 6.08 Å². The summed E-state index contributed by atoms with van der Waals surface area (Å²) in [6, 6.07) is 0. The first kappa shape index (κ1) is 9.30. The van der Waals surface area contributed by atoms with E-state index in [1.165, 1.54) is 0 Å². The number of rotatable bonds is 3. The van der Waals surface area contributed by atoms with Crippen molar-refractivity contribution in [1.82, 2.24) is 10.2 Å². The van der Waals surface area contributed by atoms with Crippen LogP contribution in [0.2, 0.25) is 0 Å². The van der Waals surface area contributed by atoms with Gasteiger partial charge in [-0.05, 0) is 0 Å². The summed E-state index contributed by atoms with van der Waals surface area (Å²) in [7, 11) is 0. The number of halogens is 2. The molecule has 1 N–H and O–H groups in total. The van der Waals surface area contributed by atoms with Gasteiger partial charge in [0, 0.05) is 12.2 Å². The Kier molecular flexibility index (Phi) is 2.68. The molecule has 1 rings (SSSR count). The highest BCUT2D eigenvalue weighted by atomic mass is 19.3. The van der Waals surface area contributed by atoms with E-state index in [1.807, 2.05) is 0 Å². The maximum absolute atomic E-state index is 11.8. The number of nitrogens with zero attached hydrogens (tertiary/aromatic N) is 2. The van der Waals surface area contributed by atoms with E-state index >= 15 is 0 Å².